The Kier molecular flexibility index (Phi) is 8.13. The highest BCUT2D eigenvalue weighted by molar-refractivity contribution is 5.98. The third-order valence-electron chi connectivity index (χ3n) is 13.4. The maximum atomic E-state index is 7.16. The largest absolute Gasteiger partial charge is 0.449 e. The molecule has 0 amide bonds. The lowest BCUT2D eigenvalue weighted by atomic mass is 9.70. The van der Waals surface area contributed by atoms with Crippen LogP contribution in [0.25, 0.3) is 55.6 Å². The van der Waals surface area contributed by atoms with Gasteiger partial charge in [-0.2, -0.15) is 0 Å². The molecular formula is C61H39NO2. The number of hydrogen-bond donors (Lipinski definition) is 0. The second-order valence-corrected chi connectivity index (χ2v) is 16.7. The van der Waals surface area contributed by atoms with Gasteiger partial charge in [0.15, 0.2) is 23.0 Å². The average molecular weight is 818 g/mol. The number of benzene rings is 10. The zero-order valence-electron chi connectivity index (χ0n) is 34.8. The maximum Gasteiger partial charge on any atom is 0.194 e. The van der Waals surface area contributed by atoms with Crippen molar-refractivity contribution >= 4 is 17.1 Å². The normalized spacial score (nSPS) is 13.1. The van der Waals surface area contributed by atoms with E-state index >= 15 is 0 Å². The third kappa shape index (κ3) is 5.41. The first-order valence-electron chi connectivity index (χ1n) is 21.9. The van der Waals surface area contributed by atoms with Crippen LogP contribution in [-0.2, 0) is 5.41 Å². The van der Waals surface area contributed by atoms with Crippen LogP contribution in [0.2, 0.25) is 0 Å². The Balaban J connectivity index is 0.922. The lowest BCUT2D eigenvalue weighted by molar-refractivity contribution is 0.361. The summed E-state index contributed by atoms with van der Waals surface area (Å²) in [6, 6.07) is 84.6. The lowest BCUT2D eigenvalue weighted by Crippen LogP contribution is -2.25. The summed E-state index contributed by atoms with van der Waals surface area (Å²) >= 11 is 0. The topological polar surface area (TPSA) is 21.7 Å². The van der Waals surface area contributed by atoms with Gasteiger partial charge in [-0.3, -0.25) is 0 Å². The van der Waals surface area contributed by atoms with E-state index in [-0.39, 0.29) is 0 Å². The Hall–Kier alpha value is -8.40. The second kappa shape index (κ2) is 14.3. The molecule has 3 heteroatoms. The molecule has 1 heterocycles. The molecule has 10 aromatic rings. The molecule has 0 bridgehead atoms. The minimum Gasteiger partial charge on any atom is -0.449 e. The number of nitrogens with zero attached hydrogens (tertiary/aromatic N) is 1. The summed E-state index contributed by atoms with van der Waals surface area (Å²) < 4.78 is 14.3. The average Bonchev–Trinajstić information content (AvgIpc) is 3.85. The molecule has 10 aromatic carbocycles. The van der Waals surface area contributed by atoms with E-state index in [9.17, 15) is 0 Å². The van der Waals surface area contributed by atoms with Gasteiger partial charge in [0.25, 0.3) is 0 Å². The van der Waals surface area contributed by atoms with Crippen LogP contribution in [0.3, 0.4) is 0 Å². The third-order valence-corrected chi connectivity index (χ3v) is 13.4. The molecule has 0 radical (unpaired) electrons. The Labute approximate surface area is 372 Å². The molecule has 3 aliphatic rings. The first-order valence-corrected chi connectivity index (χ1v) is 21.9. The summed E-state index contributed by atoms with van der Waals surface area (Å²) in [5.41, 5.74) is 19.3. The number of fused-ring (bicyclic) bond motifs is 13. The van der Waals surface area contributed by atoms with Gasteiger partial charge in [-0.1, -0.05) is 194 Å². The molecule has 1 aliphatic heterocycles. The summed E-state index contributed by atoms with van der Waals surface area (Å²) in [6.45, 7) is 0. The number of para-hydroxylation sites is 1. The first kappa shape index (κ1) is 36.3. The molecule has 64 heavy (non-hydrogen) atoms. The molecule has 0 saturated carbocycles. The van der Waals surface area contributed by atoms with Crippen LogP contribution in [0.4, 0.5) is 17.1 Å². The van der Waals surface area contributed by atoms with Gasteiger partial charge in [-0.15, -0.1) is 0 Å². The molecule has 13 rings (SSSR count). The molecule has 0 unspecified atom stereocenters. The van der Waals surface area contributed by atoms with E-state index in [1.54, 1.807) is 0 Å². The highest BCUT2D eigenvalue weighted by Gasteiger charge is 2.53. The van der Waals surface area contributed by atoms with Gasteiger partial charge in [0.1, 0.15) is 0 Å². The van der Waals surface area contributed by atoms with Gasteiger partial charge in [0.2, 0.25) is 0 Å². The van der Waals surface area contributed by atoms with Crippen LogP contribution in [0.1, 0.15) is 22.3 Å². The fourth-order valence-corrected chi connectivity index (χ4v) is 10.5. The zero-order valence-corrected chi connectivity index (χ0v) is 34.8. The summed E-state index contributed by atoms with van der Waals surface area (Å²) in [6.07, 6.45) is 0. The number of rotatable bonds is 6. The summed E-state index contributed by atoms with van der Waals surface area (Å²) in [7, 11) is 0. The number of ether oxygens (including phenoxy) is 2. The predicted octanol–water partition coefficient (Wildman–Crippen LogP) is 16.4. The minimum absolute atomic E-state index is 0.474. The van der Waals surface area contributed by atoms with Crippen LogP contribution in [0, 0.1) is 0 Å². The van der Waals surface area contributed by atoms with Crippen molar-refractivity contribution in [2.24, 2.45) is 0 Å². The monoisotopic (exact) mass is 817 g/mol. The molecule has 0 saturated heterocycles. The van der Waals surface area contributed by atoms with Crippen LogP contribution in [-0.4, -0.2) is 0 Å². The van der Waals surface area contributed by atoms with Crippen LogP contribution in [0.5, 0.6) is 23.0 Å². The van der Waals surface area contributed by atoms with Crippen molar-refractivity contribution in [1.82, 2.24) is 0 Å². The minimum atomic E-state index is -0.474. The molecule has 2 aliphatic carbocycles. The van der Waals surface area contributed by atoms with Crippen molar-refractivity contribution < 1.29 is 9.47 Å². The van der Waals surface area contributed by atoms with Crippen LogP contribution < -0.4 is 14.4 Å². The molecule has 0 atom stereocenters. The van der Waals surface area contributed by atoms with Crippen molar-refractivity contribution in [3.05, 3.63) is 259 Å². The molecular weight excluding hydrogens is 779 g/mol. The maximum absolute atomic E-state index is 7.16. The molecule has 3 nitrogen and oxygen atoms in total. The first-order chi connectivity index (χ1) is 31.7. The van der Waals surface area contributed by atoms with Crippen molar-refractivity contribution in [2.45, 2.75) is 5.41 Å². The standard InChI is InChI=1S/C61H39NO2/c1-3-14-40(15-4-1)42-26-28-43(29-27-42)45-32-36-47(37-33-45)62(46-34-30-44(31-35-46)41-16-5-2-6-17-41)55-24-13-25-56-59(55)63-57-39-38-54-58(60(57)64-56)50-20-9-12-23-53(50)61(54)51-21-10-7-18-48(51)49-19-8-11-22-52(49)61/h1-39H. The summed E-state index contributed by atoms with van der Waals surface area (Å²) in [4.78, 5) is 2.27. The summed E-state index contributed by atoms with van der Waals surface area (Å²) in [5, 5.41) is 0. The van der Waals surface area contributed by atoms with Crippen LogP contribution >= 0.6 is 0 Å². The van der Waals surface area contributed by atoms with E-state index < -0.39 is 5.41 Å². The molecule has 0 N–H and O–H groups in total. The summed E-state index contributed by atoms with van der Waals surface area (Å²) in [5.74, 6) is 2.78. The highest BCUT2D eigenvalue weighted by Crippen LogP contribution is 2.66. The Morgan fingerprint density at radius 2 is 0.688 bits per heavy atom. The molecule has 300 valence electrons. The van der Waals surface area contributed by atoms with E-state index in [1.165, 1.54) is 55.6 Å². The fraction of sp³-hybridized carbons (Fsp3) is 0.0164. The number of anilines is 3. The van der Waals surface area contributed by atoms with Crippen molar-refractivity contribution in [2.75, 3.05) is 4.90 Å². The van der Waals surface area contributed by atoms with E-state index in [4.69, 9.17) is 9.47 Å². The van der Waals surface area contributed by atoms with Gasteiger partial charge < -0.3 is 14.4 Å². The zero-order chi connectivity index (χ0) is 42.2. The smallest absolute Gasteiger partial charge is 0.194 e. The van der Waals surface area contributed by atoms with E-state index in [0.29, 0.717) is 17.2 Å². The van der Waals surface area contributed by atoms with Gasteiger partial charge in [0, 0.05) is 16.9 Å². The highest BCUT2D eigenvalue weighted by atomic mass is 16.6. The quantitative estimate of drug-likeness (QED) is 0.167. The van der Waals surface area contributed by atoms with Gasteiger partial charge in [0.05, 0.1) is 11.1 Å². The second-order valence-electron chi connectivity index (χ2n) is 16.7. The van der Waals surface area contributed by atoms with Gasteiger partial charge >= 0.3 is 0 Å². The number of hydrogen-bond acceptors (Lipinski definition) is 3. The van der Waals surface area contributed by atoms with Crippen molar-refractivity contribution in [3.63, 3.8) is 0 Å². The van der Waals surface area contributed by atoms with Crippen molar-refractivity contribution in [1.29, 1.82) is 0 Å². The molecule has 0 aromatic heterocycles. The van der Waals surface area contributed by atoms with Crippen molar-refractivity contribution in [3.8, 4) is 78.6 Å². The molecule has 1 spiro atoms. The van der Waals surface area contributed by atoms with E-state index in [2.05, 4.69) is 235 Å². The van der Waals surface area contributed by atoms with Gasteiger partial charge in [-0.25, -0.2) is 0 Å². The van der Waals surface area contributed by atoms with E-state index in [1.807, 2.05) is 6.07 Å². The Bertz CT molecular complexity index is 3370. The Morgan fingerprint density at radius 3 is 1.22 bits per heavy atom. The fourth-order valence-electron chi connectivity index (χ4n) is 10.5. The SMILES string of the molecule is c1ccc(-c2ccc(-c3ccc(N(c4ccc(-c5ccccc5)cc4)c4cccc5c4Oc4ccc6c(c4O5)-c4ccccc4C64c5ccccc5-c5ccccc54)cc3)cc2)cc1. The predicted molar refractivity (Wildman–Crippen MR) is 260 cm³/mol. The van der Waals surface area contributed by atoms with E-state index in [0.717, 1.165) is 45.1 Å². The van der Waals surface area contributed by atoms with Crippen LogP contribution in [0.15, 0.2) is 237 Å². The van der Waals surface area contributed by atoms with Gasteiger partial charge in [-0.05, 0) is 115 Å². The Morgan fingerprint density at radius 1 is 0.281 bits per heavy atom. The molecule has 0 fully saturated rings. The lowest BCUT2D eigenvalue weighted by Gasteiger charge is -2.32.